The van der Waals surface area contributed by atoms with Gasteiger partial charge in [0.15, 0.2) is 0 Å². The van der Waals surface area contributed by atoms with Gasteiger partial charge < -0.3 is 10.2 Å². The normalized spacial score (nSPS) is 14.8. The molecule has 1 fully saturated rings. The van der Waals surface area contributed by atoms with E-state index in [1.54, 1.807) is 0 Å². The summed E-state index contributed by atoms with van der Waals surface area (Å²) in [5.74, 6) is 0.716. The fourth-order valence-corrected chi connectivity index (χ4v) is 2.55. The van der Waals surface area contributed by atoms with Crippen molar-refractivity contribution in [1.29, 1.82) is 0 Å². The second-order valence-electron chi connectivity index (χ2n) is 6.47. The van der Waals surface area contributed by atoms with Crippen LogP contribution in [0.3, 0.4) is 0 Å². The highest BCUT2D eigenvalue weighted by Crippen LogP contribution is 2.32. The third-order valence-electron chi connectivity index (χ3n) is 3.89. The van der Waals surface area contributed by atoms with E-state index in [4.69, 9.17) is 0 Å². The van der Waals surface area contributed by atoms with Crippen LogP contribution in [0.4, 0.5) is 5.69 Å². The van der Waals surface area contributed by atoms with Crippen LogP contribution in [0.1, 0.15) is 52.0 Å². The van der Waals surface area contributed by atoms with Gasteiger partial charge in [-0.3, -0.25) is 0 Å². The first-order chi connectivity index (χ1) is 9.70. The number of nitrogens with zero attached hydrogens (tertiary/aromatic N) is 1. The van der Waals surface area contributed by atoms with Crippen LogP contribution in [0, 0.1) is 5.92 Å². The van der Waals surface area contributed by atoms with Crippen LogP contribution in [0.5, 0.6) is 0 Å². The first kappa shape index (κ1) is 15.4. The molecular weight excluding hydrogens is 244 g/mol. The Hall–Kier alpha value is -1.02. The van der Waals surface area contributed by atoms with E-state index in [9.17, 15) is 0 Å². The minimum Gasteiger partial charge on any atom is -0.369 e. The number of rotatable bonds is 9. The topological polar surface area (TPSA) is 15.3 Å². The van der Waals surface area contributed by atoms with Crippen molar-refractivity contribution in [2.45, 2.75) is 59.0 Å². The van der Waals surface area contributed by atoms with Gasteiger partial charge in [0.1, 0.15) is 0 Å². The summed E-state index contributed by atoms with van der Waals surface area (Å²) in [6.07, 6.45) is 5.33. The highest BCUT2D eigenvalue weighted by Gasteiger charge is 2.28. The largest absolute Gasteiger partial charge is 0.369 e. The SMILES string of the molecule is CCCCN(c1ccc(CNCC(C)C)cc1)C1CC1. The predicted octanol–water partition coefficient (Wildman–Crippen LogP) is 4.20. The fourth-order valence-electron chi connectivity index (χ4n) is 2.55. The summed E-state index contributed by atoms with van der Waals surface area (Å²) in [6, 6.07) is 9.99. The molecule has 0 saturated heterocycles. The molecule has 112 valence electrons. The summed E-state index contributed by atoms with van der Waals surface area (Å²) in [5, 5.41) is 3.51. The zero-order valence-electron chi connectivity index (χ0n) is 13.4. The summed E-state index contributed by atoms with van der Waals surface area (Å²) >= 11 is 0. The van der Waals surface area contributed by atoms with Crippen molar-refractivity contribution < 1.29 is 0 Å². The molecule has 0 radical (unpaired) electrons. The molecule has 0 spiro atoms. The standard InChI is InChI=1S/C18H30N2/c1-4-5-12-20(18-10-11-18)17-8-6-16(7-9-17)14-19-13-15(2)3/h6-9,15,18-19H,4-5,10-14H2,1-3H3. The Morgan fingerprint density at radius 3 is 2.45 bits per heavy atom. The molecule has 0 bridgehead atoms. The zero-order valence-corrected chi connectivity index (χ0v) is 13.4. The van der Waals surface area contributed by atoms with Crippen LogP contribution >= 0.6 is 0 Å². The van der Waals surface area contributed by atoms with E-state index in [2.05, 4.69) is 55.3 Å². The van der Waals surface area contributed by atoms with Gasteiger partial charge in [-0.1, -0.05) is 39.3 Å². The maximum absolute atomic E-state index is 3.51. The van der Waals surface area contributed by atoms with E-state index in [0.717, 1.165) is 19.1 Å². The Morgan fingerprint density at radius 1 is 1.20 bits per heavy atom. The Labute approximate surface area is 124 Å². The first-order valence-electron chi connectivity index (χ1n) is 8.27. The molecular formula is C18H30N2. The van der Waals surface area contributed by atoms with Crippen molar-refractivity contribution in [3.8, 4) is 0 Å². The van der Waals surface area contributed by atoms with Gasteiger partial charge in [0.2, 0.25) is 0 Å². The van der Waals surface area contributed by atoms with Crippen LogP contribution in [0.15, 0.2) is 24.3 Å². The maximum atomic E-state index is 3.51. The van der Waals surface area contributed by atoms with Gasteiger partial charge in [0.05, 0.1) is 0 Å². The molecule has 0 unspecified atom stereocenters. The highest BCUT2D eigenvalue weighted by atomic mass is 15.2. The molecule has 1 N–H and O–H groups in total. The van der Waals surface area contributed by atoms with Crippen molar-refractivity contribution in [2.75, 3.05) is 18.0 Å². The number of benzene rings is 1. The van der Waals surface area contributed by atoms with Crippen LogP contribution < -0.4 is 10.2 Å². The minimum absolute atomic E-state index is 0.716. The molecule has 2 heteroatoms. The number of hydrogen-bond acceptors (Lipinski definition) is 2. The van der Waals surface area contributed by atoms with Crippen LogP contribution in [0.25, 0.3) is 0 Å². The average Bonchev–Trinajstić information content (AvgIpc) is 3.25. The van der Waals surface area contributed by atoms with Gasteiger partial charge in [0, 0.05) is 24.8 Å². The van der Waals surface area contributed by atoms with Crippen molar-refractivity contribution in [2.24, 2.45) is 5.92 Å². The number of anilines is 1. The van der Waals surface area contributed by atoms with Gasteiger partial charge in [-0.05, 0) is 49.4 Å². The van der Waals surface area contributed by atoms with Crippen molar-refractivity contribution in [3.05, 3.63) is 29.8 Å². The first-order valence-corrected chi connectivity index (χ1v) is 8.27. The van der Waals surface area contributed by atoms with Crippen LogP contribution in [-0.2, 0) is 6.54 Å². The molecule has 2 rings (SSSR count). The molecule has 1 aromatic rings. The van der Waals surface area contributed by atoms with Gasteiger partial charge in [-0.2, -0.15) is 0 Å². The molecule has 20 heavy (non-hydrogen) atoms. The minimum atomic E-state index is 0.716. The molecule has 1 saturated carbocycles. The number of unbranched alkanes of at least 4 members (excludes halogenated alkanes) is 1. The van der Waals surface area contributed by atoms with Gasteiger partial charge in [-0.25, -0.2) is 0 Å². The smallest absolute Gasteiger partial charge is 0.0368 e. The molecule has 0 amide bonds. The number of nitrogens with one attached hydrogen (secondary N) is 1. The molecule has 0 heterocycles. The van der Waals surface area contributed by atoms with E-state index in [1.165, 1.54) is 43.5 Å². The molecule has 2 nitrogen and oxygen atoms in total. The van der Waals surface area contributed by atoms with Crippen LogP contribution in [-0.4, -0.2) is 19.1 Å². The van der Waals surface area contributed by atoms with E-state index in [0.29, 0.717) is 5.92 Å². The van der Waals surface area contributed by atoms with Gasteiger partial charge >= 0.3 is 0 Å². The molecule has 1 aliphatic rings. The van der Waals surface area contributed by atoms with E-state index < -0.39 is 0 Å². The van der Waals surface area contributed by atoms with Gasteiger partial charge in [0.25, 0.3) is 0 Å². The van der Waals surface area contributed by atoms with E-state index in [1.807, 2.05) is 0 Å². The third kappa shape index (κ3) is 4.82. The fraction of sp³-hybridized carbons (Fsp3) is 0.667. The Bertz CT molecular complexity index is 379. The summed E-state index contributed by atoms with van der Waals surface area (Å²) in [6.45, 7) is 10.1. The lowest BCUT2D eigenvalue weighted by Gasteiger charge is -2.24. The molecule has 0 aromatic heterocycles. The van der Waals surface area contributed by atoms with Gasteiger partial charge in [-0.15, -0.1) is 0 Å². The zero-order chi connectivity index (χ0) is 14.4. The Morgan fingerprint density at radius 2 is 1.90 bits per heavy atom. The maximum Gasteiger partial charge on any atom is 0.0368 e. The molecule has 0 aliphatic heterocycles. The lowest BCUT2D eigenvalue weighted by atomic mass is 10.1. The summed E-state index contributed by atoms with van der Waals surface area (Å²) < 4.78 is 0. The molecule has 0 atom stereocenters. The Balaban J connectivity index is 1.88. The monoisotopic (exact) mass is 274 g/mol. The summed E-state index contributed by atoms with van der Waals surface area (Å²) in [7, 11) is 0. The quantitative estimate of drug-likeness (QED) is 0.726. The summed E-state index contributed by atoms with van der Waals surface area (Å²) in [5.41, 5.74) is 2.80. The lowest BCUT2D eigenvalue weighted by Crippen LogP contribution is -2.26. The van der Waals surface area contributed by atoms with Crippen molar-refractivity contribution in [1.82, 2.24) is 5.32 Å². The highest BCUT2D eigenvalue weighted by molar-refractivity contribution is 5.49. The van der Waals surface area contributed by atoms with E-state index >= 15 is 0 Å². The lowest BCUT2D eigenvalue weighted by molar-refractivity contribution is 0.552. The average molecular weight is 274 g/mol. The summed E-state index contributed by atoms with van der Waals surface area (Å²) in [4.78, 5) is 2.61. The molecule has 1 aliphatic carbocycles. The van der Waals surface area contributed by atoms with Crippen molar-refractivity contribution >= 4 is 5.69 Å². The predicted molar refractivity (Wildman–Crippen MR) is 88.3 cm³/mol. The third-order valence-corrected chi connectivity index (χ3v) is 3.89. The second kappa shape index (κ2) is 7.68. The van der Waals surface area contributed by atoms with Crippen LogP contribution in [0.2, 0.25) is 0 Å². The molecule has 1 aromatic carbocycles. The second-order valence-corrected chi connectivity index (χ2v) is 6.47. The van der Waals surface area contributed by atoms with Crippen molar-refractivity contribution in [3.63, 3.8) is 0 Å². The Kier molecular flexibility index (Phi) is 5.90. The number of hydrogen-bond donors (Lipinski definition) is 1. The van der Waals surface area contributed by atoms with E-state index in [-0.39, 0.29) is 0 Å².